The Morgan fingerprint density at radius 3 is 1.62 bits per heavy atom. The maximum atomic E-state index is 11.7. The van der Waals surface area contributed by atoms with Gasteiger partial charge >= 0.3 is 10.2 Å². The van der Waals surface area contributed by atoms with E-state index in [9.17, 15) is 19.4 Å². The molecule has 0 atom stereocenters. The molecule has 1 nitrogen and oxygen atoms in total. The van der Waals surface area contributed by atoms with Gasteiger partial charge in [0.05, 0.1) is 12.0 Å². The number of hydrogen-bond donors (Lipinski definition) is 0. The van der Waals surface area contributed by atoms with E-state index in [4.69, 9.17) is 4.74 Å². The number of allylic oxidation sites excluding steroid dienone is 3. The first-order valence-corrected chi connectivity index (χ1v) is 9.17. The predicted molar refractivity (Wildman–Crippen MR) is 97.3 cm³/mol. The van der Waals surface area contributed by atoms with Crippen LogP contribution in [-0.4, -0.2) is 7.11 Å². The molecule has 0 aliphatic heterocycles. The lowest BCUT2D eigenvalue weighted by Crippen LogP contribution is -2.05. The van der Waals surface area contributed by atoms with Gasteiger partial charge in [0.25, 0.3) is 0 Å². The lowest BCUT2D eigenvalue weighted by molar-refractivity contribution is 0.380. The molecule has 0 saturated heterocycles. The van der Waals surface area contributed by atoms with Crippen molar-refractivity contribution < 1.29 is 24.2 Å². The molecule has 0 aliphatic carbocycles. The van der Waals surface area contributed by atoms with Gasteiger partial charge in [-0.25, -0.2) is 0 Å². The lowest BCUT2D eigenvalue weighted by Gasteiger charge is -2.40. The molecule has 0 unspecified atom stereocenters. The molecule has 0 amide bonds. The van der Waals surface area contributed by atoms with Gasteiger partial charge in [-0.2, -0.15) is 0 Å². The van der Waals surface area contributed by atoms with Gasteiger partial charge in [-0.3, -0.25) is 0 Å². The maximum absolute atomic E-state index is 11.7. The van der Waals surface area contributed by atoms with Crippen molar-refractivity contribution in [3.8, 4) is 5.75 Å². The van der Waals surface area contributed by atoms with Crippen LogP contribution in [-0.2, 0) is 0 Å². The van der Waals surface area contributed by atoms with Crippen molar-refractivity contribution in [1.29, 1.82) is 0 Å². The van der Waals surface area contributed by atoms with E-state index in [1.807, 2.05) is 58.0 Å². The minimum atomic E-state index is -9.52. The molecule has 142 valence electrons. The largest absolute Gasteiger partial charge is 0.497 e. The summed E-state index contributed by atoms with van der Waals surface area (Å²) in [6.45, 7) is 13.3. The average molecular weight is 374 g/mol. The van der Waals surface area contributed by atoms with E-state index in [1.54, 1.807) is 7.11 Å². The highest BCUT2D eigenvalue weighted by atomic mass is 32.5. The van der Waals surface area contributed by atoms with Crippen molar-refractivity contribution >= 4 is 10.2 Å². The molecule has 1 rings (SSSR count). The number of halogens is 5. The second-order valence-corrected chi connectivity index (χ2v) is 6.01. The fourth-order valence-corrected chi connectivity index (χ4v) is 1.20. The van der Waals surface area contributed by atoms with Crippen LogP contribution in [0.15, 0.2) is 66.6 Å². The fourth-order valence-electron chi connectivity index (χ4n) is 0.861. The summed E-state index contributed by atoms with van der Waals surface area (Å²) in [6.07, 6.45) is 1.89. The van der Waals surface area contributed by atoms with Crippen molar-refractivity contribution in [3.05, 3.63) is 66.6 Å². The topological polar surface area (TPSA) is 9.23 Å². The zero-order valence-electron chi connectivity index (χ0n) is 14.7. The Kier molecular flexibility index (Phi) is 12.3. The van der Waals surface area contributed by atoms with E-state index in [1.165, 1.54) is 0 Å². The highest BCUT2D eigenvalue weighted by Crippen LogP contribution is 3.02. The molecule has 0 saturated carbocycles. The summed E-state index contributed by atoms with van der Waals surface area (Å²) in [4.78, 5) is -2.12. The minimum absolute atomic E-state index is 0.189. The first-order valence-electron chi connectivity index (χ1n) is 7.22. The minimum Gasteiger partial charge on any atom is -0.497 e. The van der Waals surface area contributed by atoms with Crippen molar-refractivity contribution in [2.45, 2.75) is 27.7 Å². The van der Waals surface area contributed by atoms with Crippen molar-refractivity contribution in [3.63, 3.8) is 0 Å². The Balaban J connectivity index is -0.000000317. The second-order valence-electron chi connectivity index (χ2n) is 3.55. The summed E-state index contributed by atoms with van der Waals surface area (Å²) < 4.78 is 63.6. The third kappa shape index (κ3) is 15.1. The molecule has 0 aromatic heterocycles. The van der Waals surface area contributed by atoms with Crippen LogP contribution in [0.4, 0.5) is 19.4 Å². The third-order valence-corrected chi connectivity index (χ3v) is 3.02. The van der Waals surface area contributed by atoms with Crippen molar-refractivity contribution in [2.24, 2.45) is 0 Å². The van der Waals surface area contributed by atoms with Gasteiger partial charge in [0.1, 0.15) is 5.75 Å². The van der Waals surface area contributed by atoms with Crippen LogP contribution in [0.3, 0.4) is 0 Å². The molecule has 0 bridgehead atoms. The fraction of sp³-hybridized carbons (Fsp3) is 0.294. The van der Waals surface area contributed by atoms with Gasteiger partial charge in [0.2, 0.25) is 0 Å². The normalized spacial score (nSPS) is 12.6. The summed E-state index contributed by atoms with van der Waals surface area (Å²) in [5.74, 6) is 0.910. The Hall–Kier alpha value is -1.76. The molecular weight excluding hydrogens is 347 g/mol. The molecule has 0 N–H and O–H groups in total. The van der Waals surface area contributed by atoms with Gasteiger partial charge in [-0.1, -0.05) is 90.6 Å². The first kappa shape index (κ1) is 27.1. The zero-order chi connectivity index (χ0) is 19.9. The van der Waals surface area contributed by atoms with E-state index < -0.39 is 15.1 Å². The smallest absolute Gasteiger partial charge is 0.309 e. The SMILES string of the molecule is C=C/C=C\C(=C)S(F)(F)(F)(F)F.CC.CC.COc1ccccc1. The van der Waals surface area contributed by atoms with Gasteiger partial charge in [-0.15, -0.1) is 0 Å². The third-order valence-electron chi connectivity index (χ3n) is 1.89. The summed E-state index contributed by atoms with van der Waals surface area (Å²) in [7, 11) is -7.86. The van der Waals surface area contributed by atoms with Crippen LogP contribution >= 0.6 is 10.2 Å². The quantitative estimate of drug-likeness (QED) is 0.380. The summed E-state index contributed by atoms with van der Waals surface area (Å²) in [5, 5.41) is 0. The highest BCUT2D eigenvalue weighted by molar-refractivity contribution is 8.48. The second kappa shape index (κ2) is 10.9. The molecule has 1 aromatic rings. The predicted octanol–water partition coefficient (Wildman–Crippen LogP) is 8.29. The van der Waals surface area contributed by atoms with E-state index >= 15 is 0 Å². The number of rotatable bonds is 4. The Labute approximate surface area is 142 Å². The van der Waals surface area contributed by atoms with Crippen LogP contribution in [0.5, 0.6) is 5.75 Å². The number of hydrogen-bond acceptors (Lipinski definition) is 1. The van der Waals surface area contributed by atoms with Crippen molar-refractivity contribution in [2.75, 3.05) is 7.11 Å². The van der Waals surface area contributed by atoms with E-state index in [0.29, 0.717) is 0 Å². The summed E-state index contributed by atoms with van der Waals surface area (Å²) in [6, 6.07) is 9.68. The number of methoxy groups -OCH3 is 1. The summed E-state index contributed by atoms with van der Waals surface area (Å²) >= 11 is 0. The van der Waals surface area contributed by atoms with Crippen LogP contribution in [0.25, 0.3) is 0 Å². The summed E-state index contributed by atoms with van der Waals surface area (Å²) in [5.41, 5.74) is 0. The Morgan fingerprint density at radius 1 is 0.958 bits per heavy atom. The highest BCUT2D eigenvalue weighted by Gasteiger charge is 2.65. The standard InChI is InChI=1S/C7H8O.C6H7F5S.2C2H6/c1-8-7-5-3-2-4-6-7;1-3-4-5-6(2)12(7,8,9,10)11;2*1-2/h2-6H,1H3;3-5H,1-2H2;2*1-2H3/b;5-4-;;. The van der Waals surface area contributed by atoms with Gasteiger partial charge in [-0.05, 0) is 18.2 Å². The molecule has 1 aromatic carbocycles. The molecule has 0 heterocycles. The number of para-hydroxylation sites is 1. The van der Waals surface area contributed by atoms with Crippen LogP contribution in [0.2, 0.25) is 0 Å². The van der Waals surface area contributed by atoms with E-state index in [0.717, 1.165) is 17.9 Å². The molecule has 0 aliphatic rings. The Bertz CT molecular complexity index is 492. The first-order chi connectivity index (χ1) is 10.9. The molecular formula is C17H27F5OS. The zero-order valence-corrected chi connectivity index (χ0v) is 15.6. The molecule has 7 heteroatoms. The van der Waals surface area contributed by atoms with Gasteiger partial charge in [0, 0.05) is 0 Å². The van der Waals surface area contributed by atoms with Gasteiger partial charge in [0.15, 0.2) is 0 Å². The van der Waals surface area contributed by atoms with Crippen LogP contribution in [0.1, 0.15) is 27.7 Å². The lowest BCUT2D eigenvalue weighted by atomic mass is 10.3. The molecule has 24 heavy (non-hydrogen) atoms. The van der Waals surface area contributed by atoms with E-state index in [-0.39, 0.29) is 6.08 Å². The average Bonchev–Trinajstić information content (AvgIpc) is 2.55. The van der Waals surface area contributed by atoms with Crippen LogP contribution < -0.4 is 4.74 Å². The molecule has 0 spiro atoms. The number of ether oxygens (including phenoxy) is 1. The molecule has 0 radical (unpaired) electrons. The Morgan fingerprint density at radius 2 is 1.38 bits per heavy atom. The number of benzene rings is 1. The van der Waals surface area contributed by atoms with Gasteiger partial charge < -0.3 is 4.74 Å². The van der Waals surface area contributed by atoms with Crippen LogP contribution in [0, 0.1) is 0 Å². The van der Waals surface area contributed by atoms with E-state index in [2.05, 4.69) is 13.2 Å². The molecule has 0 fully saturated rings. The van der Waals surface area contributed by atoms with Crippen molar-refractivity contribution in [1.82, 2.24) is 0 Å². The maximum Gasteiger partial charge on any atom is 0.309 e. The monoisotopic (exact) mass is 374 g/mol.